The first kappa shape index (κ1) is 13.2. The lowest BCUT2D eigenvalue weighted by Crippen LogP contribution is -2.30. The second kappa shape index (κ2) is 7.64. The molecule has 0 spiro atoms. The maximum absolute atomic E-state index is 11.0. The predicted octanol–water partition coefficient (Wildman–Crippen LogP) is -0.309. The Morgan fingerprint density at radius 1 is 1.50 bits per heavy atom. The number of aliphatic carboxylic acids is 1. The molecule has 0 aliphatic rings. The SMILES string of the molecule is CSCCC(=O)NCC[C@H](O)C(=O)O. The fourth-order valence-electron chi connectivity index (χ4n) is 0.755. The fourth-order valence-corrected chi connectivity index (χ4v) is 1.14. The van der Waals surface area contributed by atoms with Crippen LogP contribution in [0.2, 0.25) is 0 Å². The second-order valence-electron chi connectivity index (χ2n) is 2.74. The number of carbonyl (C=O) groups is 2. The Hall–Kier alpha value is -0.750. The van der Waals surface area contributed by atoms with Crippen molar-refractivity contribution in [1.82, 2.24) is 5.32 Å². The van der Waals surface area contributed by atoms with E-state index in [1.54, 1.807) is 11.8 Å². The molecule has 3 N–H and O–H groups in total. The highest BCUT2D eigenvalue weighted by Gasteiger charge is 2.12. The van der Waals surface area contributed by atoms with Crippen molar-refractivity contribution in [3.8, 4) is 0 Å². The number of nitrogens with one attached hydrogen (secondary N) is 1. The third-order valence-electron chi connectivity index (χ3n) is 1.56. The first-order valence-corrected chi connectivity index (χ1v) is 5.63. The molecule has 6 heteroatoms. The first-order valence-electron chi connectivity index (χ1n) is 4.24. The van der Waals surface area contributed by atoms with E-state index in [1.165, 1.54) is 0 Å². The van der Waals surface area contributed by atoms with Crippen LogP contribution in [-0.2, 0) is 9.59 Å². The number of aliphatic hydroxyl groups excluding tert-OH is 1. The van der Waals surface area contributed by atoms with Crippen molar-refractivity contribution in [2.24, 2.45) is 0 Å². The van der Waals surface area contributed by atoms with Crippen LogP contribution in [0.4, 0.5) is 0 Å². The van der Waals surface area contributed by atoms with Gasteiger partial charge in [0.25, 0.3) is 0 Å². The Morgan fingerprint density at radius 2 is 2.14 bits per heavy atom. The van der Waals surface area contributed by atoms with Gasteiger partial charge in [0.15, 0.2) is 6.10 Å². The molecule has 0 heterocycles. The van der Waals surface area contributed by atoms with Crippen LogP contribution in [0, 0.1) is 0 Å². The molecule has 0 bridgehead atoms. The van der Waals surface area contributed by atoms with Crippen LogP contribution in [0.25, 0.3) is 0 Å². The van der Waals surface area contributed by atoms with Crippen LogP contribution >= 0.6 is 11.8 Å². The standard InChI is InChI=1S/C8H15NO4S/c1-14-5-3-7(11)9-4-2-6(10)8(12)13/h6,10H,2-5H2,1H3,(H,9,11)(H,12,13)/t6-/m0/s1. The summed E-state index contributed by atoms with van der Waals surface area (Å²) < 4.78 is 0. The summed E-state index contributed by atoms with van der Waals surface area (Å²) in [6.45, 7) is 0.195. The molecule has 0 unspecified atom stereocenters. The van der Waals surface area contributed by atoms with Crippen molar-refractivity contribution >= 4 is 23.6 Å². The molecule has 0 aromatic rings. The normalized spacial score (nSPS) is 12.1. The summed E-state index contributed by atoms with van der Waals surface area (Å²) in [6, 6.07) is 0. The zero-order chi connectivity index (χ0) is 11.0. The van der Waals surface area contributed by atoms with Crippen molar-refractivity contribution < 1.29 is 19.8 Å². The molecular formula is C8H15NO4S. The lowest BCUT2D eigenvalue weighted by atomic mass is 10.2. The maximum Gasteiger partial charge on any atom is 0.332 e. The number of amides is 1. The third kappa shape index (κ3) is 6.73. The van der Waals surface area contributed by atoms with Gasteiger partial charge in [-0.25, -0.2) is 4.79 Å². The summed E-state index contributed by atoms with van der Waals surface area (Å²) in [4.78, 5) is 21.2. The lowest BCUT2D eigenvalue weighted by molar-refractivity contribution is -0.147. The maximum atomic E-state index is 11.0. The first-order chi connectivity index (χ1) is 6.57. The van der Waals surface area contributed by atoms with E-state index in [0.29, 0.717) is 6.42 Å². The summed E-state index contributed by atoms with van der Waals surface area (Å²) >= 11 is 1.57. The van der Waals surface area contributed by atoms with Crippen molar-refractivity contribution in [2.45, 2.75) is 18.9 Å². The van der Waals surface area contributed by atoms with E-state index >= 15 is 0 Å². The van der Waals surface area contributed by atoms with Crippen LogP contribution in [0.1, 0.15) is 12.8 Å². The van der Waals surface area contributed by atoms with Crippen LogP contribution in [-0.4, -0.2) is 46.7 Å². The number of carbonyl (C=O) groups excluding carboxylic acids is 1. The van der Waals surface area contributed by atoms with E-state index in [2.05, 4.69) is 5.32 Å². The molecule has 0 radical (unpaired) electrons. The minimum Gasteiger partial charge on any atom is -0.479 e. The molecule has 1 atom stereocenters. The Morgan fingerprint density at radius 3 is 2.64 bits per heavy atom. The van der Waals surface area contributed by atoms with Gasteiger partial charge in [-0.15, -0.1) is 0 Å². The summed E-state index contributed by atoms with van der Waals surface area (Å²) in [5.41, 5.74) is 0. The minimum atomic E-state index is -1.39. The van der Waals surface area contributed by atoms with E-state index in [4.69, 9.17) is 10.2 Å². The summed E-state index contributed by atoms with van der Waals surface area (Å²) in [7, 11) is 0. The molecule has 82 valence electrons. The van der Waals surface area contributed by atoms with Gasteiger partial charge in [0.05, 0.1) is 0 Å². The zero-order valence-corrected chi connectivity index (χ0v) is 8.84. The van der Waals surface area contributed by atoms with Crippen LogP contribution in [0.15, 0.2) is 0 Å². The number of thioether (sulfide) groups is 1. The highest BCUT2D eigenvalue weighted by atomic mass is 32.2. The van der Waals surface area contributed by atoms with E-state index in [1.807, 2.05) is 6.26 Å². The molecule has 0 saturated heterocycles. The van der Waals surface area contributed by atoms with Gasteiger partial charge in [-0.3, -0.25) is 4.79 Å². The number of hydrogen-bond acceptors (Lipinski definition) is 4. The van der Waals surface area contributed by atoms with E-state index in [-0.39, 0.29) is 18.9 Å². The van der Waals surface area contributed by atoms with Gasteiger partial charge in [-0.1, -0.05) is 0 Å². The Bertz CT molecular complexity index is 198. The number of carboxylic acid groups (broad SMARTS) is 1. The monoisotopic (exact) mass is 221 g/mol. The molecule has 0 aromatic heterocycles. The molecule has 5 nitrogen and oxygen atoms in total. The number of hydrogen-bond donors (Lipinski definition) is 3. The molecule has 0 aliphatic carbocycles. The van der Waals surface area contributed by atoms with Gasteiger partial charge < -0.3 is 15.5 Å². The average molecular weight is 221 g/mol. The molecule has 0 saturated carbocycles. The van der Waals surface area contributed by atoms with Gasteiger partial charge in [-0.05, 0) is 6.26 Å². The van der Waals surface area contributed by atoms with E-state index < -0.39 is 12.1 Å². The van der Waals surface area contributed by atoms with E-state index in [9.17, 15) is 9.59 Å². The molecule has 0 rings (SSSR count). The number of rotatable bonds is 7. The Labute approximate surface area is 86.9 Å². The Balaban J connectivity index is 3.44. The topological polar surface area (TPSA) is 86.6 Å². The predicted molar refractivity (Wildman–Crippen MR) is 54.3 cm³/mol. The summed E-state index contributed by atoms with van der Waals surface area (Å²) in [6.07, 6.45) is 0.974. The van der Waals surface area contributed by atoms with Crippen LogP contribution in [0.3, 0.4) is 0 Å². The van der Waals surface area contributed by atoms with Gasteiger partial charge in [0.2, 0.25) is 5.91 Å². The molecular weight excluding hydrogens is 206 g/mol. The van der Waals surface area contributed by atoms with Crippen LogP contribution in [0.5, 0.6) is 0 Å². The zero-order valence-electron chi connectivity index (χ0n) is 8.02. The van der Waals surface area contributed by atoms with E-state index in [0.717, 1.165) is 5.75 Å². The average Bonchev–Trinajstić information content (AvgIpc) is 2.14. The third-order valence-corrected chi connectivity index (χ3v) is 2.17. The largest absolute Gasteiger partial charge is 0.479 e. The molecule has 14 heavy (non-hydrogen) atoms. The molecule has 0 aliphatic heterocycles. The summed E-state index contributed by atoms with van der Waals surface area (Å²) in [5.74, 6) is -0.631. The fraction of sp³-hybridized carbons (Fsp3) is 0.750. The second-order valence-corrected chi connectivity index (χ2v) is 3.72. The lowest BCUT2D eigenvalue weighted by Gasteiger charge is -2.06. The minimum absolute atomic E-state index is 0.0420. The van der Waals surface area contributed by atoms with Crippen molar-refractivity contribution in [3.63, 3.8) is 0 Å². The van der Waals surface area contributed by atoms with Crippen LogP contribution < -0.4 is 5.32 Å². The van der Waals surface area contributed by atoms with Crippen molar-refractivity contribution in [2.75, 3.05) is 18.6 Å². The molecule has 1 amide bonds. The molecule has 0 fully saturated rings. The number of carboxylic acids is 1. The van der Waals surface area contributed by atoms with Gasteiger partial charge >= 0.3 is 5.97 Å². The highest BCUT2D eigenvalue weighted by Crippen LogP contribution is 1.95. The van der Waals surface area contributed by atoms with Gasteiger partial charge in [-0.2, -0.15) is 11.8 Å². The van der Waals surface area contributed by atoms with Gasteiger partial charge in [0, 0.05) is 25.1 Å². The number of aliphatic hydroxyl groups is 1. The van der Waals surface area contributed by atoms with Crippen molar-refractivity contribution in [3.05, 3.63) is 0 Å². The Kier molecular flexibility index (Phi) is 7.23. The molecule has 0 aromatic carbocycles. The quantitative estimate of drug-likeness (QED) is 0.549. The van der Waals surface area contributed by atoms with Gasteiger partial charge in [0.1, 0.15) is 0 Å². The summed E-state index contributed by atoms with van der Waals surface area (Å²) in [5, 5.41) is 19.7. The van der Waals surface area contributed by atoms with Crippen molar-refractivity contribution in [1.29, 1.82) is 0 Å². The smallest absolute Gasteiger partial charge is 0.332 e. The highest BCUT2D eigenvalue weighted by molar-refractivity contribution is 7.98.